The Morgan fingerprint density at radius 3 is 2.88 bits per heavy atom. The number of aliphatic carboxylic acids is 1. The first-order valence-electron chi connectivity index (χ1n) is 5.05. The SMILES string of the molecule is Cc1oc2ccccc2c1[C@@H](N)CC(=O)O. The molecule has 2 rings (SSSR count). The maximum atomic E-state index is 10.6. The number of aryl methyl sites for hydroxylation is 1. The average molecular weight is 219 g/mol. The molecular formula is C12H13NO3. The van der Waals surface area contributed by atoms with Crippen LogP contribution in [0.5, 0.6) is 0 Å². The number of carboxylic acid groups (broad SMARTS) is 1. The van der Waals surface area contributed by atoms with E-state index in [1.807, 2.05) is 24.3 Å². The fourth-order valence-electron chi connectivity index (χ4n) is 1.94. The van der Waals surface area contributed by atoms with Crippen molar-refractivity contribution in [3.8, 4) is 0 Å². The van der Waals surface area contributed by atoms with Gasteiger partial charge in [-0.05, 0) is 13.0 Å². The molecule has 1 atom stereocenters. The van der Waals surface area contributed by atoms with E-state index < -0.39 is 12.0 Å². The summed E-state index contributed by atoms with van der Waals surface area (Å²) in [6.07, 6.45) is -0.0929. The van der Waals surface area contributed by atoms with Gasteiger partial charge in [0, 0.05) is 17.0 Å². The van der Waals surface area contributed by atoms with Crippen LogP contribution >= 0.6 is 0 Å². The fraction of sp³-hybridized carbons (Fsp3) is 0.250. The van der Waals surface area contributed by atoms with Crippen molar-refractivity contribution in [2.75, 3.05) is 0 Å². The van der Waals surface area contributed by atoms with Crippen molar-refractivity contribution in [1.82, 2.24) is 0 Å². The van der Waals surface area contributed by atoms with E-state index in [1.54, 1.807) is 6.92 Å². The molecule has 0 radical (unpaired) electrons. The van der Waals surface area contributed by atoms with E-state index in [0.29, 0.717) is 5.76 Å². The first-order chi connectivity index (χ1) is 7.59. The second-order valence-electron chi connectivity index (χ2n) is 3.77. The van der Waals surface area contributed by atoms with Crippen LogP contribution in [0.1, 0.15) is 23.8 Å². The minimum Gasteiger partial charge on any atom is -0.481 e. The highest BCUT2D eigenvalue weighted by Crippen LogP contribution is 2.30. The van der Waals surface area contributed by atoms with E-state index in [0.717, 1.165) is 16.5 Å². The van der Waals surface area contributed by atoms with Gasteiger partial charge in [0.1, 0.15) is 11.3 Å². The van der Waals surface area contributed by atoms with E-state index in [1.165, 1.54) is 0 Å². The van der Waals surface area contributed by atoms with Crippen LogP contribution in [-0.4, -0.2) is 11.1 Å². The molecule has 0 saturated carbocycles. The number of furan rings is 1. The van der Waals surface area contributed by atoms with Crippen LogP contribution in [0.2, 0.25) is 0 Å². The molecule has 16 heavy (non-hydrogen) atoms. The topological polar surface area (TPSA) is 76.5 Å². The van der Waals surface area contributed by atoms with Crippen molar-refractivity contribution in [1.29, 1.82) is 0 Å². The summed E-state index contributed by atoms with van der Waals surface area (Å²) in [5.74, 6) is -0.216. The first-order valence-corrected chi connectivity index (χ1v) is 5.05. The van der Waals surface area contributed by atoms with Gasteiger partial charge in [0.2, 0.25) is 0 Å². The van der Waals surface area contributed by atoms with Gasteiger partial charge in [-0.2, -0.15) is 0 Å². The maximum Gasteiger partial charge on any atom is 0.305 e. The van der Waals surface area contributed by atoms with Crippen molar-refractivity contribution >= 4 is 16.9 Å². The second kappa shape index (κ2) is 3.98. The fourth-order valence-corrected chi connectivity index (χ4v) is 1.94. The third-order valence-corrected chi connectivity index (χ3v) is 2.58. The predicted octanol–water partition coefficient (Wildman–Crippen LogP) is 2.22. The van der Waals surface area contributed by atoms with Crippen molar-refractivity contribution in [2.45, 2.75) is 19.4 Å². The van der Waals surface area contributed by atoms with E-state index in [9.17, 15) is 4.79 Å². The van der Waals surface area contributed by atoms with Crippen molar-refractivity contribution in [3.63, 3.8) is 0 Å². The van der Waals surface area contributed by atoms with Crippen LogP contribution < -0.4 is 5.73 Å². The van der Waals surface area contributed by atoms with E-state index in [-0.39, 0.29) is 6.42 Å². The monoisotopic (exact) mass is 219 g/mol. The third kappa shape index (κ3) is 1.79. The number of nitrogens with two attached hydrogens (primary N) is 1. The highest BCUT2D eigenvalue weighted by atomic mass is 16.4. The van der Waals surface area contributed by atoms with Crippen molar-refractivity contribution in [3.05, 3.63) is 35.6 Å². The summed E-state index contributed by atoms with van der Waals surface area (Å²) in [5.41, 5.74) is 7.40. The number of rotatable bonds is 3. The molecule has 1 heterocycles. The number of benzene rings is 1. The minimum atomic E-state index is -0.905. The summed E-state index contributed by atoms with van der Waals surface area (Å²) in [7, 11) is 0. The lowest BCUT2D eigenvalue weighted by Gasteiger charge is -2.07. The molecule has 0 spiro atoms. The number of fused-ring (bicyclic) bond motifs is 1. The number of para-hydroxylation sites is 1. The van der Waals surface area contributed by atoms with Gasteiger partial charge in [-0.15, -0.1) is 0 Å². The lowest BCUT2D eigenvalue weighted by Crippen LogP contribution is -2.15. The summed E-state index contributed by atoms with van der Waals surface area (Å²) < 4.78 is 5.53. The molecule has 0 aliphatic carbocycles. The molecule has 0 unspecified atom stereocenters. The van der Waals surface area contributed by atoms with Crippen LogP contribution in [0.3, 0.4) is 0 Å². The molecular weight excluding hydrogens is 206 g/mol. The molecule has 2 aromatic rings. The average Bonchev–Trinajstić information content (AvgIpc) is 2.52. The lowest BCUT2D eigenvalue weighted by atomic mass is 10.0. The zero-order valence-corrected chi connectivity index (χ0v) is 8.93. The molecule has 4 nitrogen and oxygen atoms in total. The van der Waals surface area contributed by atoms with Crippen molar-refractivity contribution < 1.29 is 14.3 Å². The van der Waals surface area contributed by atoms with Gasteiger partial charge in [-0.3, -0.25) is 4.79 Å². The molecule has 4 heteroatoms. The molecule has 0 bridgehead atoms. The largest absolute Gasteiger partial charge is 0.481 e. The maximum absolute atomic E-state index is 10.6. The molecule has 3 N–H and O–H groups in total. The first kappa shape index (κ1) is 10.7. The zero-order valence-electron chi connectivity index (χ0n) is 8.93. The molecule has 0 amide bonds. The third-order valence-electron chi connectivity index (χ3n) is 2.58. The Morgan fingerprint density at radius 1 is 1.50 bits per heavy atom. The number of hydrogen-bond donors (Lipinski definition) is 2. The van der Waals surface area contributed by atoms with Crippen LogP contribution in [-0.2, 0) is 4.79 Å². The van der Waals surface area contributed by atoms with Gasteiger partial charge in [0.15, 0.2) is 0 Å². The summed E-state index contributed by atoms with van der Waals surface area (Å²) in [6.45, 7) is 1.80. The van der Waals surface area contributed by atoms with Gasteiger partial charge < -0.3 is 15.3 Å². The molecule has 1 aromatic heterocycles. The Labute approximate surface area is 92.7 Å². The predicted molar refractivity (Wildman–Crippen MR) is 60.1 cm³/mol. The smallest absolute Gasteiger partial charge is 0.305 e. The molecule has 1 aromatic carbocycles. The summed E-state index contributed by atoms with van der Waals surface area (Å²) >= 11 is 0. The Kier molecular flexibility index (Phi) is 2.66. The van der Waals surface area contributed by atoms with Gasteiger partial charge in [-0.25, -0.2) is 0 Å². The molecule has 0 fully saturated rings. The van der Waals surface area contributed by atoms with Crippen LogP contribution in [0.4, 0.5) is 0 Å². The summed E-state index contributed by atoms with van der Waals surface area (Å²) in [4.78, 5) is 10.6. The Hall–Kier alpha value is -1.81. The highest BCUT2D eigenvalue weighted by molar-refractivity contribution is 5.83. The standard InChI is InChI=1S/C12H13NO3/c1-7-12(9(13)6-11(14)15)8-4-2-3-5-10(8)16-7/h2-5,9H,6,13H2,1H3,(H,14,15)/t9-/m0/s1. The van der Waals surface area contributed by atoms with E-state index >= 15 is 0 Å². The lowest BCUT2D eigenvalue weighted by molar-refractivity contribution is -0.137. The summed E-state index contributed by atoms with van der Waals surface area (Å²) in [6, 6.07) is 6.97. The van der Waals surface area contributed by atoms with E-state index in [2.05, 4.69) is 0 Å². The normalized spacial score (nSPS) is 12.9. The Balaban J connectivity index is 2.50. The molecule has 0 aliphatic heterocycles. The summed E-state index contributed by atoms with van der Waals surface area (Å²) in [5, 5.41) is 9.63. The van der Waals surface area contributed by atoms with Gasteiger partial charge in [0.25, 0.3) is 0 Å². The number of hydrogen-bond acceptors (Lipinski definition) is 3. The second-order valence-corrected chi connectivity index (χ2v) is 3.77. The van der Waals surface area contributed by atoms with Gasteiger partial charge >= 0.3 is 5.97 Å². The number of carboxylic acids is 1. The van der Waals surface area contributed by atoms with Crippen LogP contribution in [0.25, 0.3) is 11.0 Å². The Bertz CT molecular complexity index is 530. The zero-order chi connectivity index (χ0) is 11.7. The van der Waals surface area contributed by atoms with Crippen molar-refractivity contribution in [2.24, 2.45) is 5.73 Å². The quantitative estimate of drug-likeness (QED) is 0.829. The minimum absolute atomic E-state index is 0.0929. The molecule has 0 aliphatic rings. The number of carbonyl (C=O) groups is 1. The molecule has 84 valence electrons. The molecule has 0 saturated heterocycles. The van der Waals surface area contributed by atoms with Crippen LogP contribution in [0.15, 0.2) is 28.7 Å². The Morgan fingerprint density at radius 2 is 2.19 bits per heavy atom. The van der Waals surface area contributed by atoms with Gasteiger partial charge in [-0.1, -0.05) is 18.2 Å². The van der Waals surface area contributed by atoms with Gasteiger partial charge in [0.05, 0.1) is 6.42 Å². The highest BCUT2D eigenvalue weighted by Gasteiger charge is 2.19. The van der Waals surface area contributed by atoms with Crippen LogP contribution in [0, 0.1) is 6.92 Å². The van der Waals surface area contributed by atoms with E-state index in [4.69, 9.17) is 15.3 Å².